The molecule has 1 aliphatic rings. The Morgan fingerprint density at radius 2 is 2.14 bits per heavy atom. The maximum atomic E-state index is 13.2. The second-order valence-corrected chi connectivity index (χ2v) is 7.97. The molecule has 4 rings (SSSR count). The Balaban J connectivity index is 0.000000706. The van der Waals surface area contributed by atoms with E-state index in [4.69, 9.17) is 14.6 Å². The molecule has 28 heavy (non-hydrogen) atoms. The highest BCUT2D eigenvalue weighted by Crippen LogP contribution is 2.30. The summed E-state index contributed by atoms with van der Waals surface area (Å²) in [4.78, 5) is 13.0. The lowest BCUT2D eigenvalue weighted by atomic mass is 10.2. The molecule has 0 amide bonds. The van der Waals surface area contributed by atoms with E-state index in [1.54, 1.807) is 36.7 Å². The molecule has 0 aliphatic carbocycles. The molecule has 3 aromatic rings. The predicted molar refractivity (Wildman–Crippen MR) is 104 cm³/mol. The minimum absolute atomic E-state index is 0.231. The number of hydrogen-bond acceptors (Lipinski definition) is 6. The fourth-order valence-electron chi connectivity index (χ4n) is 3.16. The number of rotatable bonds is 5. The van der Waals surface area contributed by atoms with Crippen LogP contribution in [0.2, 0.25) is 0 Å². The van der Waals surface area contributed by atoms with Crippen molar-refractivity contribution in [1.82, 2.24) is 14.3 Å². The second kappa shape index (κ2) is 8.41. The van der Waals surface area contributed by atoms with Crippen LogP contribution in [0, 0.1) is 0 Å². The molecule has 2 aromatic heterocycles. The topological polar surface area (TPSA) is 111 Å². The number of likely N-dealkylation sites (N-methyl/N-ethyl adjacent to an activating group) is 1. The first-order chi connectivity index (χ1) is 13.5. The quantitative estimate of drug-likeness (QED) is 0.624. The largest absolute Gasteiger partial charge is 0.493 e. The average molecular weight is 403 g/mol. The number of fused-ring (bicyclic) bond motifs is 2. The Labute approximate surface area is 162 Å². The van der Waals surface area contributed by atoms with Crippen molar-refractivity contribution in [3.63, 3.8) is 0 Å². The van der Waals surface area contributed by atoms with Crippen molar-refractivity contribution in [2.45, 2.75) is 17.7 Å². The van der Waals surface area contributed by atoms with E-state index in [1.165, 1.54) is 3.97 Å². The second-order valence-electron chi connectivity index (χ2n) is 6.15. The molecule has 0 unspecified atom stereocenters. The third-order valence-electron chi connectivity index (χ3n) is 4.47. The average Bonchev–Trinajstić information content (AvgIpc) is 3.31. The van der Waals surface area contributed by atoms with Crippen molar-refractivity contribution in [1.29, 1.82) is 0 Å². The van der Waals surface area contributed by atoms with Gasteiger partial charge in [-0.05, 0) is 49.3 Å². The molecule has 0 saturated heterocycles. The highest BCUT2D eigenvalue weighted by atomic mass is 32.2. The Morgan fingerprint density at radius 1 is 1.36 bits per heavy atom. The van der Waals surface area contributed by atoms with Crippen molar-refractivity contribution in [2.24, 2.45) is 0 Å². The van der Waals surface area contributed by atoms with E-state index in [-0.39, 0.29) is 11.4 Å². The molecule has 1 aliphatic heterocycles. The lowest BCUT2D eigenvalue weighted by Gasteiger charge is -2.09. The fourth-order valence-corrected chi connectivity index (χ4v) is 4.55. The minimum atomic E-state index is -3.72. The molecule has 148 valence electrons. The molecule has 0 spiro atoms. The van der Waals surface area contributed by atoms with E-state index >= 15 is 0 Å². The Bertz CT molecular complexity index is 1090. The van der Waals surface area contributed by atoms with Gasteiger partial charge in [0.15, 0.2) is 0 Å². The fraction of sp³-hybridized carbons (Fsp3) is 0.263. The van der Waals surface area contributed by atoms with E-state index in [9.17, 15) is 8.42 Å². The van der Waals surface area contributed by atoms with Crippen molar-refractivity contribution in [3.8, 4) is 5.75 Å². The van der Waals surface area contributed by atoms with Crippen molar-refractivity contribution < 1.29 is 23.1 Å². The Morgan fingerprint density at radius 3 is 2.89 bits per heavy atom. The van der Waals surface area contributed by atoms with Crippen LogP contribution in [0.1, 0.15) is 11.1 Å². The number of pyridine rings is 1. The van der Waals surface area contributed by atoms with Gasteiger partial charge in [-0.15, -0.1) is 0 Å². The zero-order chi connectivity index (χ0) is 20.1. The summed E-state index contributed by atoms with van der Waals surface area (Å²) in [6, 6.07) is 8.64. The standard InChI is InChI=1S/C18H19N3O3S.CH2O2/c1-19-9-6-14-12-21(16-3-2-8-20-18(14)16)25(22,23)15-5-4-13-7-10-24-17(13)11-15;2-1-3/h2-5,8,11-12,19H,6-7,9-10H2,1H3;1H,(H,2,3). The third-order valence-corrected chi connectivity index (χ3v) is 6.14. The first-order valence-corrected chi connectivity index (χ1v) is 10.2. The summed E-state index contributed by atoms with van der Waals surface area (Å²) in [6.07, 6.45) is 4.89. The molecule has 8 nitrogen and oxygen atoms in total. The van der Waals surface area contributed by atoms with Gasteiger partial charge in [-0.3, -0.25) is 9.78 Å². The number of carbonyl (C=O) groups is 1. The van der Waals surface area contributed by atoms with E-state index < -0.39 is 10.0 Å². The van der Waals surface area contributed by atoms with Crippen molar-refractivity contribution in [3.05, 3.63) is 53.9 Å². The van der Waals surface area contributed by atoms with Gasteiger partial charge in [-0.25, -0.2) is 12.4 Å². The maximum Gasteiger partial charge on any atom is 0.290 e. The van der Waals surface area contributed by atoms with Gasteiger partial charge >= 0.3 is 0 Å². The van der Waals surface area contributed by atoms with Crippen LogP contribution in [0.5, 0.6) is 5.75 Å². The van der Waals surface area contributed by atoms with Crippen LogP contribution in [0.3, 0.4) is 0 Å². The van der Waals surface area contributed by atoms with Crippen molar-refractivity contribution in [2.75, 3.05) is 20.2 Å². The monoisotopic (exact) mass is 403 g/mol. The highest BCUT2D eigenvalue weighted by Gasteiger charge is 2.24. The summed E-state index contributed by atoms with van der Waals surface area (Å²) in [5, 5.41) is 9.97. The van der Waals surface area contributed by atoms with Gasteiger partial charge in [0, 0.05) is 24.9 Å². The zero-order valence-electron chi connectivity index (χ0n) is 15.3. The number of nitrogens with zero attached hydrogens (tertiary/aromatic N) is 2. The van der Waals surface area contributed by atoms with Crippen LogP contribution in [0.4, 0.5) is 0 Å². The predicted octanol–water partition coefficient (Wildman–Crippen LogP) is 1.67. The third kappa shape index (κ3) is 3.71. The Kier molecular flexibility index (Phi) is 5.96. The van der Waals surface area contributed by atoms with E-state index in [0.717, 1.165) is 29.6 Å². The Hall–Kier alpha value is -2.91. The van der Waals surface area contributed by atoms with Crippen LogP contribution in [-0.2, 0) is 27.7 Å². The number of nitrogens with one attached hydrogen (secondary N) is 1. The summed E-state index contributed by atoms with van der Waals surface area (Å²) in [5.41, 5.74) is 3.27. The van der Waals surface area contributed by atoms with E-state index in [2.05, 4.69) is 10.3 Å². The molecule has 0 radical (unpaired) electrons. The summed E-state index contributed by atoms with van der Waals surface area (Å²) in [5.74, 6) is 0.658. The molecular formula is C19H21N3O5S. The van der Waals surface area contributed by atoms with Crippen LogP contribution < -0.4 is 10.1 Å². The van der Waals surface area contributed by atoms with E-state index in [0.29, 0.717) is 24.3 Å². The number of ether oxygens (including phenoxy) is 1. The van der Waals surface area contributed by atoms with Gasteiger partial charge in [-0.1, -0.05) is 6.07 Å². The molecule has 2 N–H and O–H groups in total. The van der Waals surface area contributed by atoms with Gasteiger partial charge in [0.2, 0.25) is 0 Å². The lowest BCUT2D eigenvalue weighted by Crippen LogP contribution is -2.12. The SMILES string of the molecule is CNCCc1cn(S(=O)(=O)c2ccc3c(c2)OCC3)c2cccnc12.O=CO. The summed E-state index contributed by atoms with van der Waals surface area (Å²) >= 11 is 0. The lowest BCUT2D eigenvalue weighted by molar-refractivity contribution is -0.122. The van der Waals surface area contributed by atoms with Gasteiger partial charge in [0.05, 0.1) is 22.5 Å². The first-order valence-electron chi connectivity index (χ1n) is 8.71. The van der Waals surface area contributed by atoms with Gasteiger partial charge in [-0.2, -0.15) is 0 Å². The van der Waals surface area contributed by atoms with Gasteiger partial charge in [0.25, 0.3) is 16.5 Å². The summed E-state index contributed by atoms with van der Waals surface area (Å²) < 4.78 is 33.2. The molecule has 0 bridgehead atoms. The smallest absolute Gasteiger partial charge is 0.290 e. The van der Waals surface area contributed by atoms with Gasteiger partial charge in [0.1, 0.15) is 5.75 Å². The molecule has 1 aromatic carbocycles. The molecule has 3 heterocycles. The van der Waals surface area contributed by atoms with Gasteiger partial charge < -0.3 is 15.2 Å². The number of hydrogen-bond donors (Lipinski definition) is 2. The van der Waals surface area contributed by atoms with Crippen LogP contribution >= 0.6 is 0 Å². The molecule has 0 atom stereocenters. The highest BCUT2D eigenvalue weighted by molar-refractivity contribution is 7.90. The zero-order valence-corrected chi connectivity index (χ0v) is 16.1. The van der Waals surface area contributed by atoms with Crippen LogP contribution in [0.15, 0.2) is 47.6 Å². The summed E-state index contributed by atoms with van der Waals surface area (Å²) in [7, 11) is -1.85. The molecule has 0 fully saturated rings. The number of aromatic nitrogens is 2. The number of benzene rings is 1. The van der Waals surface area contributed by atoms with Crippen LogP contribution in [-0.4, -0.2) is 49.2 Å². The number of carboxylic acid groups (broad SMARTS) is 1. The van der Waals surface area contributed by atoms with Crippen LogP contribution in [0.25, 0.3) is 11.0 Å². The normalized spacial score (nSPS) is 12.8. The molecular weight excluding hydrogens is 382 g/mol. The van der Waals surface area contributed by atoms with E-state index in [1.807, 2.05) is 13.1 Å². The summed E-state index contributed by atoms with van der Waals surface area (Å²) in [6.45, 7) is 1.10. The first kappa shape index (κ1) is 19.8. The van der Waals surface area contributed by atoms with Crippen molar-refractivity contribution >= 4 is 27.5 Å². The molecule has 9 heteroatoms. The minimum Gasteiger partial charge on any atom is -0.493 e. The maximum absolute atomic E-state index is 13.2. The molecule has 0 saturated carbocycles.